The number of amides is 1. The van der Waals surface area contributed by atoms with Crippen LogP contribution in [-0.2, 0) is 12.7 Å². The van der Waals surface area contributed by atoms with Gasteiger partial charge in [-0.2, -0.15) is 33.9 Å². The summed E-state index contributed by atoms with van der Waals surface area (Å²) in [5.74, 6) is -2.92. The molecule has 1 amide bonds. The highest BCUT2D eigenvalue weighted by Crippen LogP contribution is 2.43. The van der Waals surface area contributed by atoms with Gasteiger partial charge in [0.15, 0.2) is 11.5 Å². The standard InChI is InChI=1S/C29H29F4N9O/c1-15-24(30)18(23-20(12-34)16(2)40(4)17(3)21(23)13-35)11-19-25(15)37-38-27(19)36-28(43)22-14-42(39-26(22)29(31,32)33)10-9-41-7-5-6-8-41/h11,14,23H,5-10H2,1-4H3,(H2,36,37,38,43). The fourth-order valence-corrected chi connectivity index (χ4v) is 5.74. The lowest BCUT2D eigenvalue weighted by molar-refractivity contribution is -0.141. The lowest BCUT2D eigenvalue weighted by Crippen LogP contribution is -2.26. The third-order valence-corrected chi connectivity index (χ3v) is 8.33. The van der Waals surface area contributed by atoms with E-state index in [4.69, 9.17) is 0 Å². The van der Waals surface area contributed by atoms with Crippen LogP contribution in [0, 0.1) is 35.4 Å². The van der Waals surface area contributed by atoms with Crippen molar-refractivity contribution in [3.63, 3.8) is 0 Å². The molecule has 224 valence electrons. The van der Waals surface area contributed by atoms with Crippen LogP contribution in [0.5, 0.6) is 0 Å². The molecule has 43 heavy (non-hydrogen) atoms. The molecule has 0 atom stereocenters. The zero-order valence-corrected chi connectivity index (χ0v) is 24.0. The van der Waals surface area contributed by atoms with Gasteiger partial charge in [0.2, 0.25) is 0 Å². The number of benzene rings is 1. The quantitative estimate of drug-likeness (QED) is 0.375. The molecule has 1 aromatic carbocycles. The van der Waals surface area contributed by atoms with Gasteiger partial charge < -0.3 is 15.1 Å². The number of H-pyrrole nitrogens is 1. The number of aryl methyl sites for hydroxylation is 1. The molecule has 2 aliphatic heterocycles. The van der Waals surface area contributed by atoms with Gasteiger partial charge in [-0.15, -0.1) is 0 Å². The van der Waals surface area contributed by atoms with Gasteiger partial charge in [-0.05, 0) is 52.8 Å². The number of carbonyl (C=O) groups is 1. The highest BCUT2D eigenvalue weighted by Gasteiger charge is 2.40. The smallest absolute Gasteiger partial charge is 0.350 e. The number of anilines is 1. The van der Waals surface area contributed by atoms with E-state index in [9.17, 15) is 28.5 Å². The Balaban J connectivity index is 1.54. The number of hydrogen-bond donors (Lipinski definition) is 2. The maximum absolute atomic E-state index is 15.8. The lowest BCUT2D eigenvalue weighted by Gasteiger charge is -2.33. The molecule has 5 rings (SSSR count). The van der Waals surface area contributed by atoms with Gasteiger partial charge in [0, 0.05) is 47.7 Å². The average Bonchev–Trinajstić information content (AvgIpc) is 3.73. The van der Waals surface area contributed by atoms with Crippen LogP contribution in [0.3, 0.4) is 0 Å². The summed E-state index contributed by atoms with van der Waals surface area (Å²) in [6, 6.07) is 5.57. The number of halogens is 4. The topological polar surface area (TPSA) is 130 Å². The fourth-order valence-electron chi connectivity index (χ4n) is 5.74. The molecule has 14 heteroatoms. The molecule has 0 aliphatic carbocycles. The van der Waals surface area contributed by atoms with E-state index in [0.29, 0.717) is 17.9 Å². The molecule has 2 N–H and O–H groups in total. The van der Waals surface area contributed by atoms with Crippen molar-refractivity contribution in [1.29, 1.82) is 10.5 Å². The van der Waals surface area contributed by atoms with E-state index >= 15 is 4.39 Å². The Bertz CT molecular complexity index is 1720. The van der Waals surface area contributed by atoms with Crippen molar-refractivity contribution in [1.82, 2.24) is 29.8 Å². The van der Waals surface area contributed by atoms with Gasteiger partial charge in [0.1, 0.15) is 5.82 Å². The second-order valence-electron chi connectivity index (χ2n) is 10.8. The van der Waals surface area contributed by atoms with Crippen LogP contribution in [0.1, 0.15) is 59.8 Å². The normalized spacial score (nSPS) is 16.7. The van der Waals surface area contributed by atoms with Crippen LogP contribution in [0.15, 0.2) is 34.8 Å². The maximum atomic E-state index is 15.8. The Kier molecular flexibility index (Phi) is 7.75. The van der Waals surface area contributed by atoms with E-state index in [-0.39, 0.29) is 45.5 Å². The molecule has 1 saturated heterocycles. The van der Waals surface area contributed by atoms with Crippen molar-refractivity contribution in [2.45, 2.75) is 52.3 Å². The molecule has 0 saturated carbocycles. The molecule has 3 aromatic rings. The molecule has 0 radical (unpaired) electrons. The van der Waals surface area contributed by atoms with Crippen LogP contribution >= 0.6 is 0 Å². The van der Waals surface area contributed by atoms with E-state index in [1.165, 1.54) is 13.0 Å². The summed E-state index contributed by atoms with van der Waals surface area (Å²) in [7, 11) is 1.70. The Hall–Kier alpha value is -4.69. The summed E-state index contributed by atoms with van der Waals surface area (Å²) in [4.78, 5) is 17.1. The Morgan fingerprint density at radius 2 is 1.74 bits per heavy atom. The number of rotatable bonds is 6. The number of nitrogens with one attached hydrogen (secondary N) is 2. The summed E-state index contributed by atoms with van der Waals surface area (Å²) in [6.45, 7) is 7.27. The molecule has 2 aliphatic rings. The molecule has 1 fully saturated rings. The monoisotopic (exact) mass is 595 g/mol. The van der Waals surface area contributed by atoms with Crippen LogP contribution in [-0.4, -0.2) is 62.4 Å². The minimum atomic E-state index is -4.88. The van der Waals surface area contributed by atoms with E-state index in [1.807, 2.05) is 0 Å². The van der Waals surface area contributed by atoms with Crippen molar-refractivity contribution in [2.24, 2.45) is 0 Å². The predicted octanol–water partition coefficient (Wildman–Crippen LogP) is 5.20. The molecule has 0 unspecified atom stereocenters. The number of aromatic nitrogens is 4. The van der Waals surface area contributed by atoms with Gasteiger partial charge in [-0.1, -0.05) is 0 Å². The third-order valence-electron chi connectivity index (χ3n) is 8.33. The van der Waals surface area contributed by atoms with Crippen LogP contribution < -0.4 is 5.32 Å². The SMILES string of the molecule is CC1=C(C#N)C(c2cc3c(NC(=O)c4cn(CCN5CCCC5)nc4C(F)(F)F)n[nH]c3c(C)c2F)C(C#N)=C(C)N1C. The first-order valence-electron chi connectivity index (χ1n) is 13.7. The first-order valence-corrected chi connectivity index (χ1v) is 13.7. The summed E-state index contributed by atoms with van der Waals surface area (Å²) in [6.07, 6.45) is -1.75. The molecule has 0 spiro atoms. The van der Waals surface area contributed by atoms with Gasteiger partial charge in [-0.3, -0.25) is 14.6 Å². The molecule has 4 heterocycles. The third kappa shape index (κ3) is 5.23. The first-order chi connectivity index (χ1) is 20.4. The Morgan fingerprint density at radius 3 is 2.33 bits per heavy atom. The van der Waals surface area contributed by atoms with E-state index in [1.54, 1.807) is 25.8 Å². The van der Waals surface area contributed by atoms with Gasteiger partial charge in [0.25, 0.3) is 5.91 Å². The van der Waals surface area contributed by atoms with Crippen LogP contribution in [0.2, 0.25) is 0 Å². The van der Waals surface area contributed by atoms with Crippen molar-refractivity contribution >= 4 is 22.6 Å². The van der Waals surface area contributed by atoms with Gasteiger partial charge in [-0.25, -0.2) is 4.39 Å². The second kappa shape index (κ2) is 11.2. The van der Waals surface area contributed by atoms with Gasteiger partial charge in [0.05, 0.1) is 46.8 Å². The molecular weight excluding hydrogens is 566 g/mol. The zero-order valence-electron chi connectivity index (χ0n) is 24.0. The number of hydrogen-bond acceptors (Lipinski definition) is 7. The number of nitriles is 2. The highest BCUT2D eigenvalue weighted by molar-refractivity contribution is 6.08. The van der Waals surface area contributed by atoms with E-state index in [0.717, 1.165) is 36.8 Å². The van der Waals surface area contributed by atoms with Crippen molar-refractivity contribution in [3.8, 4) is 12.1 Å². The lowest BCUT2D eigenvalue weighted by atomic mass is 9.80. The first kappa shape index (κ1) is 29.8. The molecule has 0 bridgehead atoms. The average molecular weight is 596 g/mol. The molecular formula is C29H29F4N9O. The maximum Gasteiger partial charge on any atom is 0.435 e. The number of fused-ring (bicyclic) bond motifs is 1. The Labute approximate surface area is 244 Å². The van der Waals surface area contributed by atoms with Crippen LogP contribution in [0.25, 0.3) is 10.9 Å². The van der Waals surface area contributed by atoms with E-state index in [2.05, 4.69) is 37.7 Å². The number of aromatic amines is 1. The summed E-state index contributed by atoms with van der Waals surface area (Å²) < 4.78 is 58.6. The minimum Gasteiger partial charge on any atom is -0.350 e. The largest absolute Gasteiger partial charge is 0.435 e. The van der Waals surface area contributed by atoms with Crippen molar-refractivity contribution in [3.05, 3.63) is 63.0 Å². The summed E-state index contributed by atoms with van der Waals surface area (Å²) in [5, 5.41) is 32.9. The fraction of sp³-hybridized carbons (Fsp3) is 0.414. The van der Waals surface area contributed by atoms with Crippen LogP contribution in [0.4, 0.5) is 23.4 Å². The predicted molar refractivity (Wildman–Crippen MR) is 149 cm³/mol. The number of carbonyl (C=O) groups excluding carboxylic acids is 1. The van der Waals surface area contributed by atoms with Crippen molar-refractivity contribution in [2.75, 3.05) is 32.0 Å². The summed E-state index contributed by atoms with van der Waals surface area (Å²) in [5.41, 5.74) is -0.233. The molecule has 10 nitrogen and oxygen atoms in total. The van der Waals surface area contributed by atoms with Gasteiger partial charge >= 0.3 is 6.18 Å². The minimum absolute atomic E-state index is 0.00696. The number of alkyl halides is 3. The highest BCUT2D eigenvalue weighted by atomic mass is 19.4. The summed E-state index contributed by atoms with van der Waals surface area (Å²) >= 11 is 0. The zero-order chi connectivity index (χ0) is 31.2. The molecule has 2 aromatic heterocycles. The number of nitrogens with zero attached hydrogens (tertiary/aromatic N) is 7. The van der Waals surface area contributed by atoms with E-state index < -0.39 is 35.1 Å². The Morgan fingerprint density at radius 1 is 1.12 bits per heavy atom. The second-order valence-corrected chi connectivity index (χ2v) is 10.8. The number of allylic oxidation sites excluding steroid dienone is 4. The number of likely N-dealkylation sites (tertiary alicyclic amines) is 1. The van der Waals surface area contributed by atoms with Crippen molar-refractivity contribution < 1.29 is 22.4 Å².